The number of rotatable bonds is 3. The molecule has 0 bridgehead atoms. The summed E-state index contributed by atoms with van der Waals surface area (Å²) in [4.78, 5) is 12.5. The van der Waals surface area contributed by atoms with Crippen molar-refractivity contribution < 1.29 is 0 Å². The molecule has 5 heteroatoms. The zero-order valence-electron chi connectivity index (χ0n) is 11.0. The van der Waals surface area contributed by atoms with E-state index in [4.69, 9.17) is 0 Å². The third-order valence-electron chi connectivity index (χ3n) is 3.54. The Hall–Kier alpha value is -1.30. The second-order valence-electron chi connectivity index (χ2n) is 4.77. The summed E-state index contributed by atoms with van der Waals surface area (Å²) in [7, 11) is 0. The van der Waals surface area contributed by atoms with Gasteiger partial charge in [-0.3, -0.25) is 9.88 Å². The van der Waals surface area contributed by atoms with Crippen LogP contribution in [0.1, 0.15) is 17.8 Å². The Kier molecular flexibility index (Phi) is 3.87. The number of piperazine rings is 1. The van der Waals surface area contributed by atoms with Gasteiger partial charge in [-0.2, -0.15) is 0 Å². The van der Waals surface area contributed by atoms with Gasteiger partial charge in [0.15, 0.2) is 0 Å². The van der Waals surface area contributed by atoms with Gasteiger partial charge in [-0.1, -0.05) is 0 Å². The number of hydrogen-bond acceptors (Lipinski definition) is 5. The van der Waals surface area contributed by atoms with Crippen LogP contribution in [0.15, 0.2) is 30.7 Å². The van der Waals surface area contributed by atoms with Gasteiger partial charge in [0.2, 0.25) is 0 Å². The third-order valence-corrected chi connectivity index (χ3v) is 4.76. The molecule has 1 aliphatic heterocycles. The van der Waals surface area contributed by atoms with Gasteiger partial charge in [-0.05, 0) is 19.1 Å². The second-order valence-corrected chi connectivity index (χ2v) is 5.83. The van der Waals surface area contributed by atoms with Gasteiger partial charge in [0.05, 0.1) is 0 Å². The minimum absolute atomic E-state index is 0.449. The van der Waals surface area contributed by atoms with Crippen LogP contribution in [0.3, 0.4) is 0 Å². The smallest absolute Gasteiger partial charge is 0.125 e. The molecule has 0 radical (unpaired) electrons. The highest BCUT2D eigenvalue weighted by molar-refractivity contribution is 7.15. The van der Waals surface area contributed by atoms with Crippen LogP contribution in [0.4, 0.5) is 0 Å². The van der Waals surface area contributed by atoms with Crippen molar-refractivity contribution in [1.82, 2.24) is 20.2 Å². The van der Waals surface area contributed by atoms with Gasteiger partial charge in [0.25, 0.3) is 0 Å². The van der Waals surface area contributed by atoms with Crippen LogP contribution in [0.25, 0.3) is 10.6 Å². The molecule has 19 heavy (non-hydrogen) atoms. The number of aromatic nitrogens is 2. The fourth-order valence-corrected chi connectivity index (χ4v) is 3.34. The Morgan fingerprint density at radius 2 is 2.16 bits per heavy atom. The predicted molar refractivity (Wildman–Crippen MR) is 78.2 cm³/mol. The summed E-state index contributed by atoms with van der Waals surface area (Å²) in [6.07, 6.45) is 5.68. The molecule has 0 amide bonds. The van der Waals surface area contributed by atoms with Crippen molar-refractivity contribution in [2.75, 3.05) is 26.2 Å². The maximum Gasteiger partial charge on any atom is 0.125 e. The Morgan fingerprint density at radius 1 is 1.32 bits per heavy atom. The standard InChI is InChI=1S/C14H18N4S/c1-11(18-7-5-15-6-8-18)13-10-17-14(19-13)12-3-2-4-16-9-12/h2-4,9-11,15H,5-8H2,1H3. The van der Waals surface area contributed by atoms with Crippen LogP contribution >= 0.6 is 11.3 Å². The Labute approximate surface area is 117 Å². The number of nitrogens with one attached hydrogen (secondary N) is 1. The summed E-state index contributed by atoms with van der Waals surface area (Å²) in [5.74, 6) is 0. The van der Waals surface area contributed by atoms with Gasteiger partial charge in [-0.15, -0.1) is 11.3 Å². The number of hydrogen-bond donors (Lipinski definition) is 1. The molecule has 1 N–H and O–H groups in total. The summed E-state index contributed by atoms with van der Waals surface area (Å²) < 4.78 is 0. The maximum atomic E-state index is 4.54. The number of thiazole rings is 1. The SMILES string of the molecule is CC(c1cnc(-c2cccnc2)s1)N1CCNCC1. The molecule has 0 aliphatic carbocycles. The molecule has 1 aliphatic rings. The van der Waals surface area contributed by atoms with Gasteiger partial charge in [0.1, 0.15) is 5.01 Å². The van der Waals surface area contributed by atoms with E-state index in [1.165, 1.54) is 4.88 Å². The highest BCUT2D eigenvalue weighted by Crippen LogP contribution is 2.30. The summed E-state index contributed by atoms with van der Waals surface area (Å²) >= 11 is 1.77. The van der Waals surface area contributed by atoms with Gasteiger partial charge in [-0.25, -0.2) is 4.98 Å². The van der Waals surface area contributed by atoms with Gasteiger partial charge >= 0.3 is 0 Å². The zero-order chi connectivity index (χ0) is 13.1. The minimum atomic E-state index is 0.449. The summed E-state index contributed by atoms with van der Waals surface area (Å²) in [6, 6.07) is 4.46. The van der Waals surface area contributed by atoms with Gasteiger partial charge < -0.3 is 5.32 Å². The first-order valence-electron chi connectivity index (χ1n) is 6.65. The molecule has 100 valence electrons. The molecule has 1 saturated heterocycles. The van der Waals surface area contributed by atoms with Crippen molar-refractivity contribution in [2.24, 2.45) is 0 Å². The zero-order valence-corrected chi connectivity index (χ0v) is 11.9. The molecule has 1 atom stereocenters. The van der Waals surface area contributed by atoms with E-state index in [1.54, 1.807) is 17.5 Å². The van der Waals surface area contributed by atoms with Gasteiger partial charge in [0, 0.05) is 61.3 Å². The minimum Gasteiger partial charge on any atom is -0.314 e. The van der Waals surface area contributed by atoms with E-state index in [2.05, 4.69) is 33.2 Å². The maximum absolute atomic E-state index is 4.54. The van der Waals surface area contributed by atoms with Crippen molar-refractivity contribution in [3.63, 3.8) is 0 Å². The molecule has 3 rings (SSSR count). The first kappa shape index (κ1) is 12.7. The third kappa shape index (κ3) is 2.83. The molecule has 0 aromatic carbocycles. The van der Waals surface area contributed by atoms with Crippen LogP contribution in [-0.2, 0) is 0 Å². The molecule has 0 spiro atoms. The molecule has 2 aromatic rings. The number of nitrogens with zero attached hydrogens (tertiary/aromatic N) is 3. The highest BCUT2D eigenvalue weighted by Gasteiger charge is 2.20. The second kappa shape index (κ2) is 5.77. The predicted octanol–water partition coefficient (Wildman–Crippen LogP) is 2.17. The van der Waals surface area contributed by atoms with Crippen molar-refractivity contribution in [3.05, 3.63) is 35.6 Å². The van der Waals surface area contributed by atoms with Crippen LogP contribution in [-0.4, -0.2) is 41.0 Å². The molecule has 0 saturated carbocycles. The van der Waals surface area contributed by atoms with E-state index in [-0.39, 0.29) is 0 Å². The largest absolute Gasteiger partial charge is 0.314 e. The van der Waals surface area contributed by atoms with Crippen LogP contribution in [0.2, 0.25) is 0 Å². The van der Waals surface area contributed by atoms with E-state index >= 15 is 0 Å². The van der Waals surface area contributed by atoms with E-state index in [1.807, 2.05) is 18.5 Å². The molecule has 1 unspecified atom stereocenters. The quantitative estimate of drug-likeness (QED) is 0.931. The van der Waals surface area contributed by atoms with Crippen LogP contribution < -0.4 is 5.32 Å². The first-order chi connectivity index (χ1) is 9.34. The summed E-state index contributed by atoms with van der Waals surface area (Å²) in [6.45, 7) is 6.66. The molecule has 1 fully saturated rings. The van der Waals surface area contributed by atoms with Crippen LogP contribution in [0, 0.1) is 0 Å². The lowest BCUT2D eigenvalue weighted by molar-refractivity contribution is 0.188. The fourth-order valence-electron chi connectivity index (χ4n) is 2.35. The van der Waals surface area contributed by atoms with Crippen molar-refractivity contribution in [2.45, 2.75) is 13.0 Å². The van der Waals surface area contributed by atoms with Crippen molar-refractivity contribution in [3.8, 4) is 10.6 Å². The molecular formula is C14H18N4S. The normalized spacial score (nSPS) is 18.4. The summed E-state index contributed by atoms with van der Waals surface area (Å²) in [5.41, 5.74) is 1.10. The van der Waals surface area contributed by atoms with Crippen molar-refractivity contribution >= 4 is 11.3 Å². The molecule has 4 nitrogen and oxygen atoms in total. The monoisotopic (exact) mass is 274 g/mol. The molecule has 3 heterocycles. The average Bonchev–Trinajstić information content (AvgIpc) is 2.98. The Morgan fingerprint density at radius 3 is 2.89 bits per heavy atom. The number of pyridine rings is 1. The lowest BCUT2D eigenvalue weighted by Crippen LogP contribution is -2.44. The molecular weight excluding hydrogens is 256 g/mol. The lowest BCUT2D eigenvalue weighted by Gasteiger charge is -2.31. The highest BCUT2D eigenvalue weighted by atomic mass is 32.1. The summed E-state index contributed by atoms with van der Waals surface area (Å²) in [5, 5.41) is 4.45. The van der Waals surface area contributed by atoms with Crippen LogP contribution in [0.5, 0.6) is 0 Å². The Balaban J connectivity index is 1.77. The topological polar surface area (TPSA) is 41.1 Å². The molecule has 2 aromatic heterocycles. The van der Waals surface area contributed by atoms with E-state index < -0.39 is 0 Å². The average molecular weight is 274 g/mol. The van der Waals surface area contributed by atoms with Crippen molar-refractivity contribution in [1.29, 1.82) is 0 Å². The first-order valence-corrected chi connectivity index (χ1v) is 7.47. The van der Waals surface area contributed by atoms with E-state index in [0.717, 1.165) is 36.8 Å². The lowest BCUT2D eigenvalue weighted by atomic mass is 10.2. The fraction of sp³-hybridized carbons (Fsp3) is 0.429. The Bertz CT molecular complexity index is 519. The van der Waals surface area contributed by atoms with E-state index in [0.29, 0.717) is 6.04 Å². The van der Waals surface area contributed by atoms with E-state index in [9.17, 15) is 0 Å².